The van der Waals surface area contributed by atoms with Crippen LogP contribution < -0.4 is 10.6 Å². The molecule has 1 atom stereocenters. The summed E-state index contributed by atoms with van der Waals surface area (Å²) in [6.45, 7) is 9.03. The van der Waals surface area contributed by atoms with E-state index in [9.17, 15) is 4.79 Å². The third-order valence-corrected chi connectivity index (χ3v) is 5.42. The molecule has 134 valence electrons. The minimum Gasteiger partial charge on any atom is -0.371 e. The Morgan fingerprint density at radius 3 is 2.62 bits per heavy atom. The highest BCUT2D eigenvalue weighted by Gasteiger charge is 2.24. The molecule has 0 fully saturated rings. The Hall–Kier alpha value is -1.51. The van der Waals surface area contributed by atoms with Crippen molar-refractivity contribution in [2.75, 3.05) is 18.0 Å². The Kier molecular flexibility index (Phi) is 7.14. The summed E-state index contributed by atoms with van der Waals surface area (Å²) in [5, 5.41) is 0. The average Bonchev–Trinajstić information content (AvgIpc) is 2.54. The van der Waals surface area contributed by atoms with Crippen LogP contribution in [0.5, 0.6) is 0 Å². The number of hydrogen-bond acceptors (Lipinski definition) is 2. The van der Waals surface area contributed by atoms with Crippen molar-refractivity contribution in [3.05, 3.63) is 28.8 Å². The second kappa shape index (κ2) is 9.10. The number of nitrogens with two attached hydrogens (primary N) is 1. The second-order valence-corrected chi connectivity index (χ2v) is 7.37. The van der Waals surface area contributed by atoms with Crippen LogP contribution in [0.4, 0.5) is 5.69 Å². The van der Waals surface area contributed by atoms with Crippen molar-refractivity contribution in [2.45, 2.75) is 78.1 Å². The summed E-state index contributed by atoms with van der Waals surface area (Å²) in [5.41, 5.74) is 10.6. The second-order valence-electron chi connectivity index (χ2n) is 7.37. The molecule has 24 heavy (non-hydrogen) atoms. The van der Waals surface area contributed by atoms with Crippen molar-refractivity contribution in [2.24, 2.45) is 5.73 Å². The Morgan fingerprint density at radius 2 is 1.92 bits per heavy atom. The number of nitrogens with zero attached hydrogens (tertiary/aromatic N) is 1. The molecule has 2 rings (SSSR count). The number of carbonyl (C=O) groups is 1. The number of carbonyl (C=O) groups excluding carboxylic acids is 1. The fourth-order valence-corrected chi connectivity index (χ4v) is 3.97. The van der Waals surface area contributed by atoms with Crippen molar-refractivity contribution >= 4 is 11.6 Å². The van der Waals surface area contributed by atoms with Gasteiger partial charge in [0.2, 0.25) is 5.91 Å². The molecular formula is C21H34N2O. The average molecular weight is 331 g/mol. The van der Waals surface area contributed by atoms with Crippen LogP contribution in [0, 0.1) is 6.92 Å². The molecular weight excluding hydrogens is 296 g/mol. The summed E-state index contributed by atoms with van der Waals surface area (Å²) in [5.74, 6) is 0.319. The largest absolute Gasteiger partial charge is 0.371 e. The zero-order valence-electron chi connectivity index (χ0n) is 15.7. The number of primary amides is 1. The van der Waals surface area contributed by atoms with E-state index in [1.807, 2.05) is 0 Å². The number of anilines is 1. The van der Waals surface area contributed by atoms with Crippen molar-refractivity contribution in [1.29, 1.82) is 0 Å². The maximum atomic E-state index is 11.3. The van der Waals surface area contributed by atoms with Crippen LogP contribution in [-0.4, -0.2) is 19.0 Å². The van der Waals surface area contributed by atoms with E-state index in [4.69, 9.17) is 5.73 Å². The SMILES string of the molecule is CCCCCCCCN1CCC(C)c2c1ccc(CC(N)=O)c2C. The summed E-state index contributed by atoms with van der Waals surface area (Å²) in [6, 6.07) is 4.32. The lowest BCUT2D eigenvalue weighted by Crippen LogP contribution is -2.32. The molecule has 0 saturated carbocycles. The highest BCUT2D eigenvalue weighted by atomic mass is 16.1. The number of rotatable bonds is 9. The fourth-order valence-electron chi connectivity index (χ4n) is 3.97. The molecule has 3 nitrogen and oxygen atoms in total. The molecule has 1 amide bonds. The molecule has 0 aromatic heterocycles. The first-order valence-corrected chi connectivity index (χ1v) is 9.70. The predicted octanol–water partition coefficient (Wildman–Crippen LogP) is 4.70. The van der Waals surface area contributed by atoms with Gasteiger partial charge in [-0.15, -0.1) is 0 Å². The van der Waals surface area contributed by atoms with E-state index >= 15 is 0 Å². The van der Waals surface area contributed by atoms with Gasteiger partial charge in [0.05, 0.1) is 6.42 Å². The van der Waals surface area contributed by atoms with Crippen LogP contribution in [0.3, 0.4) is 0 Å². The molecule has 1 aliphatic heterocycles. The third-order valence-electron chi connectivity index (χ3n) is 5.42. The minimum absolute atomic E-state index is 0.245. The number of unbranched alkanes of at least 4 members (excludes halogenated alkanes) is 5. The summed E-state index contributed by atoms with van der Waals surface area (Å²) < 4.78 is 0. The van der Waals surface area contributed by atoms with Crippen molar-refractivity contribution in [3.63, 3.8) is 0 Å². The molecule has 0 radical (unpaired) electrons. The molecule has 0 saturated heterocycles. The van der Waals surface area contributed by atoms with Crippen LogP contribution in [0.2, 0.25) is 0 Å². The Bertz CT molecular complexity index is 553. The molecule has 2 N–H and O–H groups in total. The van der Waals surface area contributed by atoms with Gasteiger partial charge in [-0.2, -0.15) is 0 Å². The zero-order valence-corrected chi connectivity index (χ0v) is 15.7. The summed E-state index contributed by atoms with van der Waals surface area (Å²) >= 11 is 0. The number of fused-ring (bicyclic) bond motifs is 1. The predicted molar refractivity (Wildman–Crippen MR) is 103 cm³/mol. The van der Waals surface area contributed by atoms with Crippen molar-refractivity contribution < 1.29 is 4.79 Å². The molecule has 1 aliphatic rings. The lowest BCUT2D eigenvalue weighted by molar-refractivity contribution is -0.117. The van der Waals surface area contributed by atoms with Crippen LogP contribution in [-0.2, 0) is 11.2 Å². The molecule has 0 spiro atoms. The first kappa shape index (κ1) is 18.8. The Labute approximate surface area is 147 Å². The normalized spacial score (nSPS) is 17.0. The monoisotopic (exact) mass is 330 g/mol. The van der Waals surface area contributed by atoms with Crippen LogP contribution in [0.1, 0.15) is 81.4 Å². The summed E-state index contributed by atoms with van der Waals surface area (Å²) in [7, 11) is 0. The van der Waals surface area contributed by atoms with Gasteiger partial charge in [0, 0.05) is 18.8 Å². The van der Waals surface area contributed by atoms with Crippen LogP contribution in [0.15, 0.2) is 12.1 Å². The van der Waals surface area contributed by atoms with Gasteiger partial charge >= 0.3 is 0 Å². The number of hydrogen-bond donors (Lipinski definition) is 1. The molecule has 1 aromatic rings. The van der Waals surface area contributed by atoms with Gasteiger partial charge in [-0.25, -0.2) is 0 Å². The highest BCUT2D eigenvalue weighted by Crippen LogP contribution is 2.38. The maximum absolute atomic E-state index is 11.3. The lowest BCUT2D eigenvalue weighted by Gasteiger charge is -2.36. The van der Waals surface area contributed by atoms with Gasteiger partial charge < -0.3 is 10.6 Å². The van der Waals surface area contributed by atoms with E-state index in [0.29, 0.717) is 12.3 Å². The first-order valence-electron chi connectivity index (χ1n) is 9.70. The number of amides is 1. The highest BCUT2D eigenvalue weighted by molar-refractivity contribution is 5.78. The quantitative estimate of drug-likeness (QED) is 0.667. The molecule has 1 heterocycles. The van der Waals surface area contributed by atoms with Gasteiger partial charge in [0.25, 0.3) is 0 Å². The van der Waals surface area contributed by atoms with Gasteiger partial charge in [-0.05, 0) is 48.4 Å². The van der Waals surface area contributed by atoms with Crippen molar-refractivity contribution in [1.82, 2.24) is 0 Å². The van der Waals surface area contributed by atoms with E-state index in [1.54, 1.807) is 0 Å². The van der Waals surface area contributed by atoms with E-state index in [-0.39, 0.29) is 5.91 Å². The van der Waals surface area contributed by atoms with Gasteiger partial charge in [0.15, 0.2) is 0 Å². The number of benzene rings is 1. The van der Waals surface area contributed by atoms with Crippen LogP contribution in [0.25, 0.3) is 0 Å². The Morgan fingerprint density at radius 1 is 1.21 bits per heavy atom. The standard InChI is InChI=1S/C21H34N2O/c1-4-5-6-7-8-9-13-23-14-12-16(2)21-17(3)18(15-20(22)24)10-11-19(21)23/h10-11,16H,4-9,12-15H2,1-3H3,(H2,22,24). The molecule has 3 heteroatoms. The van der Waals surface area contributed by atoms with Crippen molar-refractivity contribution in [3.8, 4) is 0 Å². The van der Waals surface area contributed by atoms with E-state index in [0.717, 1.165) is 18.7 Å². The van der Waals surface area contributed by atoms with Gasteiger partial charge in [-0.3, -0.25) is 4.79 Å². The van der Waals surface area contributed by atoms with E-state index in [2.05, 4.69) is 37.8 Å². The van der Waals surface area contributed by atoms with Gasteiger partial charge in [0.1, 0.15) is 0 Å². The summed E-state index contributed by atoms with van der Waals surface area (Å²) in [6.07, 6.45) is 9.57. The third kappa shape index (κ3) is 4.75. The van der Waals surface area contributed by atoms with Gasteiger partial charge in [-0.1, -0.05) is 52.0 Å². The minimum atomic E-state index is -0.245. The molecule has 1 aromatic carbocycles. The zero-order chi connectivity index (χ0) is 17.5. The maximum Gasteiger partial charge on any atom is 0.221 e. The summed E-state index contributed by atoms with van der Waals surface area (Å²) in [4.78, 5) is 13.8. The Balaban J connectivity index is 2.04. The fraction of sp³-hybridized carbons (Fsp3) is 0.667. The van der Waals surface area contributed by atoms with E-state index in [1.165, 1.54) is 61.8 Å². The first-order chi connectivity index (χ1) is 11.5. The van der Waals surface area contributed by atoms with E-state index < -0.39 is 0 Å². The smallest absolute Gasteiger partial charge is 0.221 e. The molecule has 1 unspecified atom stereocenters. The topological polar surface area (TPSA) is 46.3 Å². The molecule has 0 bridgehead atoms. The van der Waals surface area contributed by atoms with Crippen LogP contribution >= 0.6 is 0 Å². The lowest BCUT2D eigenvalue weighted by atomic mass is 9.85. The molecule has 0 aliphatic carbocycles.